The molecule has 5 nitrogen and oxygen atoms in total. The van der Waals surface area contributed by atoms with Gasteiger partial charge in [0, 0.05) is 31.2 Å². The van der Waals surface area contributed by atoms with Crippen LogP contribution in [0, 0.1) is 6.92 Å². The number of hydrogen-bond donors (Lipinski definition) is 1. The minimum absolute atomic E-state index is 0.102. The Balaban J connectivity index is 2.37. The van der Waals surface area contributed by atoms with Crippen LogP contribution in [-0.2, 0) is 11.3 Å². The van der Waals surface area contributed by atoms with E-state index >= 15 is 0 Å². The Hall–Kier alpha value is -0.880. The predicted octanol–water partition coefficient (Wildman–Crippen LogP) is 4.53. The first-order chi connectivity index (χ1) is 12.5. The standard InChI is InChI=1S/C20H37BrN4O/c1-5-7-9-12-24(13-10-8-6-2)16-17(3)23-20(26)11-14-25-18(4)19(21)15-22-25/h15,17H,5-14,16H2,1-4H3,(H,23,26). The van der Waals surface area contributed by atoms with Crippen molar-refractivity contribution in [2.45, 2.75) is 85.2 Å². The lowest BCUT2D eigenvalue weighted by Crippen LogP contribution is -2.43. The number of hydrogen-bond acceptors (Lipinski definition) is 3. The van der Waals surface area contributed by atoms with E-state index in [1.165, 1.54) is 38.5 Å². The Morgan fingerprint density at radius 3 is 2.35 bits per heavy atom. The van der Waals surface area contributed by atoms with Gasteiger partial charge in [-0.25, -0.2) is 0 Å². The Morgan fingerprint density at radius 1 is 1.23 bits per heavy atom. The number of unbranched alkanes of at least 4 members (excludes halogenated alkanes) is 4. The normalized spacial score (nSPS) is 12.5. The second kappa shape index (κ2) is 13.3. The van der Waals surface area contributed by atoms with Gasteiger partial charge in [-0.05, 0) is 55.7 Å². The lowest BCUT2D eigenvalue weighted by atomic mass is 10.2. The van der Waals surface area contributed by atoms with Crippen molar-refractivity contribution < 1.29 is 4.79 Å². The second-order valence-electron chi connectivity index (χ2n) is 7.23. The summed E-state index contributed by atoms with van der Waals surface area (Å²) in [5, 5.41) is 7.43. The summed E-state index contributed by atoms with van der Waals surface area (Å²) in [7, 11) is 0. The van der Waals surface area contributed by atoms with Crippen molar-refractivity contribution in [1.29, 1.82) is 0 Å². The molecule has 1 atom stereocenters. The first kappa shape index (κ1) is 23.2. The highest BCUT2D eigenvalue weighted by Gasteiger charge is 2.13. The van der Waals surface area contributed by atoms with Crippen LogP contribution in [-0.4, -0.2) is 46.3 Å². The number of halogens is 1. The molecule has 0 saturated heterocycles. The zero-order valence-electron chi connectivity index (χ0n) is 17.1. The van der Waals surface area contributed by atoms with E-state index in [4.69, 9.17) is 0 Å². The first-order valence-electron chi connectivity index (χ1n) is 10.2. The van der Waals surface area contributed by atoms with Gasteiger partial charge in [-0.3, -0.25) is 9.48 Å². The zero-order valence-corrected chi connectivity index (χ0v) is 18.6. The third-order valence-corrected chi connectivity index (χ3v) is 5.47. The summed E-state index contributed by atoms with van der Waals surface area (Å²) >= 11 is 3.45. The maximum Gasteiger partial charge on any atom is 0.222 e. The van der Waals surface area contributed by atoms with Crippen LogP contribution < -0.4 is 5.32 Å². The predicted molar refractivity (Wildman–Crippen MR) is 112 cm³/mol. The van der Waals surface area contributed by atoms with Gasteiger partial charge in [0.15, 0.2) is 0 Å². The molecule has 0 spiro atoms. The molecule has 150 valence electrons. The van der Waals surface area contributed by atoms with E-state index in [9.17, 15) is 4.79 Å². The summed E-state index contributed by atoms with van der Waals surface area (Å²) in [6.07, 6.45) is 9.79. The molecule has 1 heterocycles. The Labute approximate surface area is 168 Å². The summed E-state index contributed by atoms with van der Waals surface area (Å²) in [4.78, 5) is 14.8. The van der Waals surface area contributed by atoms with Crippen LogP contribution in [0.4, 0.5) is 0 Å². The van der Waals surface area contributed by atoms with Crippen LogP contribution in [0.25, 0.3) is 0 Å². The quantitative estimate of drug-likeness (QED) is 0.442. The number of nitrogens with one attached hydrogen (secondary N) is 1. The summed E-state index contributed by atoms with van der Waals surface area (Å²) in [5.74, 6) is 0.102. The summed E-state index contributed by atoms with van der Waals surface area (Å²) in [5.41, 5.74) is 1.06. The molecule has 1 N–H and O–H groups in total. The van der Waals surface area contributed by atoms with Gasteiger partial charge in [0.1, 0.15) is 0 Å². The Morgan fingerprint density at radius 2 is 1.85 bits per heavy atom. The van der Waals surface area contributed by atoms with E-state index in [-0.39, 0.29) is 11.9 Å². The van der Waals surface area contributed by atoms with Crippen molar-refractivity contribution in [3.8, 4) is 0 Å². The monoisotopic (exact) mass is 428 g/mol. The van der Waals surface area contributed by atoms with Gasteiger partial charge in [-0.15, -0.1) is 0 Å². The fraction of sp³-hybridized carbons (Fsp3) is 0.800. The molecule has 1 amide bonds. The molecular formula is C20H37BrN4O. The smallest absolute Gasteiger partial charge is 0.222 e. The van der Waals surface area contributed by atoms with E-state index in [0.717, 1.165) is 29.8 Å². The fourth-order valence-corrected chi connectivity index (χ4v) is 3.40. The third-order valence-electron chi connectivity index (χ3n) is 4.69. The molecule has 6 heteroatoms. The van der Waals surface area contributed by atoms with Gasteiger partial charge in [0.25, 0.3) is 0 Å². The number of amides is 1. The molecular weight excluding hydrogens is 392 g/mol. The molecule has 1 aromatic rings. The van der Waals surface area contributed by atoms with Crippen LogP contribution in [0.5, 0.6) is 0 Å². The molecule has 0 aromatic carbocycles. The number of aryl methyl sites for hydroxylation is 1. The molecule has 26 heavy (non-hydrogen) atoms. The van der Waals surface area contributed by atoms with Gasteiger partial charge in [-0.1, -0.05) is 39.5 Å². The molecule has 1 rings (SSSR count). The fourth-order valence-electron chi connectivity index (χ4n) is 3.10. The average Bonchev–Trinajstić information content (AvgIpc) is 2.92. The van der Waals surface area contributed by atoms with Crippen molar-refractivity contribution in [2.75, 3.05) is 19.6 Å². The van der Waals surface area contributed by atoms with Crippen molar-refractivity contribution >= 4 is 21.8 Å². The van der Waals surface area contributed by atoms with Crippen LogP contribution >= 0.6 is 15.9 Å². The summed E-state index contributed by atoms with van der Waals surface area (Å²) in [6, 6.07) is 0.177. The van der Waals surface area contributed by atoms with Crippen LogP contribution in [0.3, 0.4) is 0 Å². The Bertz CT molecular complexity index is 508. The lowest BCUT2D eigenvalue weighted by Gasteiger charge is -2.26. The summed E-state index contributed by atoms with van der Waals surface area (Å²) in [6.45, 7) is 12.4. The number of nitrogens with zero attached hydrogens (tertiary/aromatic N) is 3. The molecule has 0 aliphatic carbocycles. The van der Waals surface area contributed by atoms with Crippen molar-refractivity contribution in [3.05, 3.63) is 16.4 Å². The summed E-state index contributed by atoms with van der Waals surface area (Å²) < 4.78 is 2.86. The number of rotatable bonds is 14. The Kier molecular flexibility index (Phi) is 11.9. The van der Waals surface area contributed by atoms with Crippen LogP contribution in [0.1, 0.15) is 71.4 Å². The molecule has 0 saturated carbocycles. The molecule has 0 fully saturated rings. The molecule has 1 unspecified atom stereocenters. The first-order valence-corrected chi connectivity index (χ1v) is 11.0. The van der Waals surface area contributed by atoms with E-state index in [1.807, 2.05) is 11.6 Å². The van der Waals surface area contributed by atoms with Gasteiger partial charge in [0.2, 0.25) is 5.91 Å². The topological polar surface area (TPSA) is 50.2 Å². The molecule has 0 aliphatic heterocycles. The maximum absolute atomic E-state index is 12.3. The zero-order chi connectivity index (χ0) is 19.4. The van der Waals surface area contributed by atoms with Crippen LogP contribution in [0.2, 0.25) is 0 Å². The van der Waals surface area contributed by atoms with Gasteiger partial charge in [-0.2, -0.15) is 5.10 Å². The van der Waals surface area contributed by atoms with E-state index in [2.05, 4.69) is 52.0 Å². The van der Waals surface area contributed by atoms with Crippen molar-refractivity contribution in [1.82, 2.24) is 20.0 Å². The molecule has 1 aromatic heterocycles. The minimum Gasteiger partial charge on any atom is -0.352 e. The number of carbonyl (C=O) groups excluding carboxylic acids is 1. The maximum atomic E-state index is 12.3. The van der Waals surface area contributed by atoms with Crippen LogP contribution in [0.15, 0.2) is 10.7 Å². The minimum atomic E-state index is 0.102. The average molecular weight is 429 g/mol. The van der Waals surface area contributed by atoms with Crippen molar-refractivity contribution in [2.24, 2.45) is 0 Å². The van der Waals surface area contributed by atoms with E-state index in [1.54, 1.807) is 6.20 Å². The second-order valence-corrected chi connectivity index (χ2v) is 8.09. The van der Waals surface area contributed by atoms with E-state index < -0.39 is 0 Å². The highest BCUT2D eigenvalue weighted by molar-refractivity contribution is 9.10. The van der Waals surface area contributed by atoms with Crippen molar-refractivity contribution in [3.63, 3.8) is 0 Å². The largest absolute Gasteiger partial charge is 0.352 e. The number of carbonyl (C=O) groups is 1. The van der Waals surface area contributed by atoms with Gasteiger partial charge < -0.3 is 10.2 Å². The highest BCUT2D eigenvalue weighted by Crippen LogP contribution is 2.14. The highest BCUT2D eigenvalue weighted by atomic mass is 79.9. The van der Waals surface area contributed by atoms with E-state index in [0.29, 0.717) is 13.0 Å². The number of aromatic nitrogens is 2. The molecule has 0 radical (unpaired) electrons. The molecule has 0 aliphatic rings. The SMILES string of the molecule is CCCCCN(CCCCC)CC(C)NC(=O)CCn1ncc(Br)c1C. The van der Waals surface area contributed by atoms with Gasteiger partial charge in [0.05, 0.1) is 10.7 Å². The third kappa shape index (κ3) is 9.17. The molecule has 0 bridgehead atoms. The lowest BCUT2D eigenvalue weighted by molar-refractivity contribution is -0.122. The van der Waals surface area contributed by atoms with Gasteiger partial charge >= 0.3 is 0 Å².